The van der Waals surface area contributed by atoms with Crippen LogP contribution in [0.4, 0.5) is 0 Å². The van der Waals surface area contributed by atoms with Crippen LogP contribution in [0.15, 0.2) is 12.1 Å². The maximum absolute atomic E-state index is 16.5. The number of unbranched alkanes of at least 4 members (excludes halogenated alkanes) is 7. The summed E-state index contributed by atoms with van der Waals surface area (Å²) in [7, 11) is -2.17. The SMILES string of the molecule is CCCCCCCCCCS(=O)(=O)NCCNCC1[C@H](O)C2C3C[C@H](CC[C@H]3O)[C@H]3NC(=O)[C@@H]4NC(=O)[C@H](CC(N)=O)NC(=O)[C@H](NC(=O)[C@@H](CC(C)C)NC)[C@H](O)[C@H]5CC[C@@H](Oc6cc4cc(c6O[C@@H]4C[C@H](CO)[C@@H](O)[C@H](O)[C@H]4O[C@H]4C[C@](C)(N)[C@H](O)[C@H](C)O4)O[C@@H]4CC[C@@H](C[C@@H]4Cl)[C@@H](O)[C@H](NC3=O)C(=O)N[C@H](C(=O)O)C2C[C@@H]1O)[C@H](Cl)C5. The Kier molecular flexibility index (Phi) is 34.0. The number of carboxylic acids is 1. The van der Waals surface area contributed by atoms with E-state index in [0.717, 1.165) is 44.9 Å². The van der Waals surface area contributed by atoms with Gasteiger partial charge in [0.15, 0.2) is 17.8 Å². The standard InChI is InChI=1S/C80H129Cl2N11O25S/c1-7-8-9-10-11-12-13-14-23-119(112,113)87-22-21-86-34-45-51(96)31-44-59(68(45)101)43-25-38(15-18-50(43)95)60-75(106)93-64(78(109)91-62(44)79(110)111)66(99)40-17-20-53(47(82)27-40)116-55-29-41-28-54(70(55)117-56-30-42(35-94)67(100)69(102)71(56)118-58-33-80(5,84)72(103)37(4)114-58)115-52-19-16-39(26-46(52)81)65(98)63(92-73(104)48(85-6)24-36(2)3)77(108)88-49(32-57(83)97)74(105)89-61(41)76(107)90-60/h28-29,36-40,42-53,56,58-69,71-72,85-87,94-96,98-103H,7-27,30-35,84H2,1-6H3,(H2,83,97)(H,88,108)(H,89,105)(H,90,107)(H,91,109)(H,92,104)(H,93,106)(H,110,111)/t37-,38-,39-,40-,42+,43?,44?,45?,46+,47-,48+,49-,50+,51-,52+,53+,56+,58-,59?,60+,61+,62-,63+,64-,65+,66+,67+,68-,69-,71-,72+,80-/m0/s1. The Balaban J connectivity index is 1.09. The fourth-order valence-electron chi connectivity index (χ4n) is 19.5. The number of nitrogens with two attached hydrogens (primary N) is 2. The zero-order valence-corrected chi connectivity index (χ0v) is 71.0. The number of nitrogens with one attached hydrogen (secondary N) is 9. The second-order valence-corrected chi connectivity index (χ2v) is 38.5. The lowest BCUT2D eigenvalue weighted by Gasteiger charge is -2.51. The molecule has 674 valence electrons. The molecule has 0 aromatic heterocycles. The molecule has 36 nitrogen and oxygen atoms in total. The summed E-state index contributed by atoms with van der Waals surface area (Å²) in [5, 5.41) is 139. The van der Waals surface area contributed by atoms with Gasteiger partial charge in [-0.25, -0.2) is 17.9 Å². The third-order valence-electron chi connectivity index (χ3n) is 26.2. The predicted molar refractivity (Wildman–Crippen MR) is 431 cm³/mol. The third-order valence-corrected chi connectivity index (χ3v) is 28.6. The molecule has 5 aliphatic carbocycles. The molecule has 7 amide bonds. The summed E-state index contributed by atoms with van der Waals surface area (Å²) in [5.74, 6) is -20.2. The van der Waals surface area contributed by atoms with Gasteiger partial charge in [0.2, 0.25) is 57.1 Å². The third kappa shape index (κ3) is 23.7. The van der Waals surface area contributed by atoms with Crippen LogP contribution in [0, 0.1) is 53.3 Å². The number of aliphatic hydroxyl groups excluding tert-OH is 9. The molecular formula is C80H129Cl2N11O25S. The first kappa shape index (κ1) is 95.5. The minimum atomic E-state index is -3.69. The van der Waals surface area contributed by atoms with Crippen LogP contribution < -0.4 is 72.9 Å². The van der Waals surface area contributed by atoms with Crippen LogP contribution in [-0.4, -0.2) is 284 Å². The molecule has 0 spiro atoms. The van der Waals surface area contributed by atoms with E-state index in [4.69, 9.17) is 58.4 Å². The molecule has 32 atom stereocenters. The smallest absolute Gasteiger partial charge is 0.326 e. The quantitative estimate of drug-likeness (QED) is 0.0332. The second kappa shape index (κ2) is 42.3. The number of carboxylic acid groups (broad SMARTS) is 1. The number of amides is 7. The summed E-state index contributed by atoms with van der Waals surface area (Å²) >= 11 is 14.9. The molecular weight excluding hydrogens is 1620 g/mol. The zero-order valence-electron chi connectivity index (χ0n) is 68.6. The molecule has 119 heavy (non-hydrogen) atoms. The van der Waals surface area contributed by atoms with E-state index in [1.165, 1.54) is 19.2 Å². The molecule has 23 N–H and O–H groups in total. The predicted octanol–water partition coefficient (Wildman–Crippen LogP) is -1.58. The number of carbonyl (C=O) groups excluding carboxylic acids is 7. The Morgan fingerprint density at radius 2 is 1.31 bits per heavy atom. The van der Waals surface area contributed by atoms with Gasteiger partial charge >= 0.3 is 5.97 Å². The highest BCUT2D eigenvalue weighted by Gasteiger charge is 2.57. The Bertz CT molecular complexity index is 3750. The maximum atomic E-state index is 16.5. The number of halogens is 2. The number of primary amides is 1. The lowest BCUT2D eigenvalue weighted by molar-refractivity contribution is -0.286. The van der Waals surface area contributed by atoms with Gasteiger partial charge in [0.05, 0.1) is 77.8 Å². The number of hydrogen-bond donors (Lipinski definition) is 21. The lowest BCUT2D eigenvalue weighted by Crippen LogP contribution is -2.66. The molecule has 11 aliphatic rings. The van der Waals surface area contributed by atoms with Crippen molar-refractivity contribution < 1.29 is 122 Å². The van der Waals surface area contributed by atoms with Crippen molar-refractivity contribution in [3.63, 3.8) is 0 Å². The van der Waals surface area contributed by atoms with Gasteiger partial charge in [-0.1, -0.05) is 65.7 Å². The molecule has 1 aromatic rings. The van der Waals surface area contributed by atoms with E-state index < -0.39 is 268 Å². The van der Waals surface area contributed by atoms with E-state index in [1.54, 1.807) is 13.8 Å². The summed E-state index contributed by atoms with van der Waals surface area (Å²) < 4.78 is 62.6. The van der Waals surface area contributed by atoms with E-state index in [1.807, 2.05) is 13.8 Å². The van der Waals surface area contributed by atoms with Gasteiger partial charge in [-0.15, -0.1) is 23.2 Å². The monoisotopic (exact) mass is 1750 g/mol. The van der Waals surface area contributed by atoms with Gasteiger partial charge in [-0.2, -0.15) is 0 Å². The van der Waals surface area contributed by atoms with E-state index in [2.05, 4.69) is 54.2 Å². The van der Waals surface area contributed by atoms with Gasteiger partial charge in [0.25, 0.3) is 0 Å². The number of aliphatic carboxylic acids is 1. The maximum Gasteiger partial charge on any atom is 0.326 e. The largest absolute Gasteiger partial charge is 0.485 e. The summed E-state index contributed by atoms with van der Waals surface area (Å²) in [5.41, 5.74) is 10.9. The van der Waals surface area contributed by atoms with Crippen LogP contribution in [0.1, 0.15) is 187 Å². The first-order chi connectivity index (χ1) is 56.3. The number of ether oxygens (including phenoxy) is 5. The summed E-state index contributed by atoms with van der Waals surface area (Å²) in [6.07, 6.45) is -15.5. The van der Waals surface area contributed by atoms with E-state index in [9.17, 15) is 73.9 Å². The zero-order chi connectivity index (χ0) is 86.8. The highest BCUT2D eigenvalue weighted by atomic mass is 35.5. The minimum absolute atomic E-state index is 0.0186. The van der Waals surface area contributed by atoms with Crippen molar-refractivity contribution in [2.45, 2.75) is 320 Å². The second-order valence-electron chi connectivity index (χ2n) is 35.5. The molecule has 4 unspecified atom stereocenters. The molecule has 6 aliphatic heterocycles. The molecule has 6 heterocycles. The Labute approximate surface area is 704 Å². The highest BCUT2D eigenvalue weighted by Crippen LogP contribution is 2.51. The average Bonchev–Trinajstić information content (AvgIpc) is 0.755. The summed E-state index contributed by atoms with van der Waals surface area (Å²) in [4.78, 5) is 120. The Morgan fingerprint density at radius 3 is 1.91 bits per heavy atom. The molecule has 39 heteroatoms. The van der Waals surface area contributed by atoms with Gasteiger partial charge in [-0.05, 0) is 163 Å². The van der Waals surface area contributed by atoms with Crippen LogP contribution in [0.25, 0.3) is 0 Å². The summed E-state index contributed by atoms with van der Waals surface area (Å²) in [6.45, 7) is 8.05. The first-order valence-electron chi connectivity index (χ1n) is 42.6. The number of aliphatic hydroxyl groups is 9. The van der Waals surface area contributed by atoms with Crippen molar-refractivity contribution >= 4 is 80.5 Å². The van der Waals surface area contributed by atoms with Gasteiger partial charge in [0, 0.05) is 50.0 Å². The van der Waals surface area contributed by atoms with Gasteiger partial charge < -0.3 is 129 Å². The van der Waals surface area contributed by atoms with Crippen molar-refractivity contribution in [3.8, 4) is 17.2 Å². The number of benzene rings is 1. The molecule has 7 fully saturated rings. The van der Waals surface area contributed by atoms with Crippen molar-refractivity contribution in [3.05, 3.63) is 17.7 Å². The number of likely N-dealkylation sites (N-methyl/N-ethyl adjacent to an activating group) is 1. The van der Waals surface area contributed by atoms with E-state index >= 15 is 24.0 Å². The minimum Gasteiger partial charge on any atom is -0.485 e. The molecule has 0 radical (unpaired) electrons. The molecule has 12 rings (SSSR count). The Hall–Kier alpha value is -5.69. The van der Waals surface area contributed by atoms with Crippen molar-refractivity contribution in [1.82, 2.24) is 47.3 Å². The number of rotatable bonds is 28. The first-order valence-corrected chi connectivity index (χ1v) is 45.2. The van der Waals surface area contributed by atoms with Crippen molar-refractivity contribution in [1.29, 1.82) is 0 Å². The van der Waals surface area contributed by atoms with Crippen LogP contribution in [0.5, 0.6) is 17.2 Å². The number of hydrogen-bond acceptors (Lipinski definition) is 27. The molecule has 1 aromatic carbocycles. The average molecular weight is 1750 g/mol. The lowest BCUT2D eigenvalue weighted by atomic mass is 9.58. The summed E-state index contributed by atoms with van der Waals surface area (Å²) in [6, 6.07) is -10.5. The number of sulfonamides is 1. The van der Waals surface area contributed by atoms with Crippen molar-refractivity contribution in [2.24, 2.45) is 64.7 Å². The van der Waals surface area contributed by atoms with Crippen LogP contribution in [0.3, 0.4) is 0 Å². The molecule has 2 saturated heterocycles. The Morgan fingerprint density at radius 1 is 0.697 bits per heavy atom. The highest BCUT2D eigenvalue weighted by molar-refractivity contribution is 7.89. The topological polar surface area (TPSA) is 579 Å². The molecule has 5 saturated carbocycles. The van der Waals surface area contributed by atoms with E-state index in [-0.39, 0.29) is 131 Å². The fraction of sp³-hybridized carbons (Fsp3) is 0.825. The van der Waals surface area contributed by atoms with Gasteiger partial charge in [-0.3, -0.25) is 33.6 Å². The number of fused-ring (bicyclic) bond motifs is 15. The van der Waals surface area contributed by atoms with Crippen LogP contribution >= 0.6 is 23.2 Å². The number of alkyl halides is 2. The van der Waals surface area contributed by atoms with Gasteiger partial charge in [0.1, 0.15) is 66.8 Å². The van der Waals surface area contributed by atoms with Crippen LogP contribution in [0.2, 0.25) is 0 Å². The molecule has 11 bridgehead atoms. The number of carbonyl (C=O) groups is 8. The normalized spacial score (nSPS) is 38.9. The van der Waals surface area contributed by atoms with E-state index in [0.29, 0.717) is 6.42 Å². The fourth-order valence-corrected chi connectivity index (χ4v) is 21.5. The van der Waals surface area contributed by atoms with Crippen molar-refractivity contribution in [2.75, 3.05) is 39.0 Å². The van der Waals surface area contributed by atoms with Crippen LogP contribution in [-0.2, 0) is 57.9 Å².